The lowest BCUT2D eigenvalue weighted by Crippen LogP contribution is -2.54. The van der Waals surface area contributed by atoms with Crippen molar-refractivity contribution in [3.63, 3.8) is 0 Å². The van der Waals surface area contributed by atoms with Crippen LogP contribution in [0.3, 0.4) is 0 Å². The van der Waals surface area contributed by atoms with E-state index in [1.807, 2.05) is 0 Å². The molecule has 0 saturated heterocycles. The van der Waals surface area contributed by atoms with Crippen molar-refractivity contribution >= 4 is 18.0 Å². The van der Waals surface area contributed by atoms with E-state index in [1.54, 1.807) is 27.7 Å². The summed E-state index contributed by atoms with van der Waals surface area (Å²) in [5.41, 5.74) is 3.88. The maximum Gasteiger partial charge on any atom is 0.408 e. The number of hydrogen-bond acceptors (Lipinski definition) is 6. The lowest BCUT2D eigenvalue weighted by molar-refractivity contribution is -0.123. The molecule has 34 heavy (non-hydrogen) atoms. The molecule has 0 radical (unpaired) electrons. The van der Waals surface area contributed by atoms with Gasteiger partial charge in [0.1, 0.15) is 17.5 Å². The highest BCUT2D eigenvalue weighted by atomic mass is 19.2. The van der Waals surface area contributed by atoms with Crippen LogP contribution in [0.15, 0.2) is 17.1 Å². The van der Waals surface area contributed by atoms with E-state index in [2.05, 4.69) is 25.9 Å². The highest BCUT2D eigenvalue weighted by molar-refractivity contribution is 5.86. The number of benzene rings is 1. The number of aromatic nitrogens is 3. The Kier molecular flexibility index (Phi) is 7.12. The second kappa shape index (κ2) is 9.69. The van der Waals surface area contributed by atoms with Gasteiger partial charge in [0.15, 0.2) is 11.6 Å². The first-order chi connectivity index (χ1) is 15.9. The molecule has 0 saturated carbocycles. The van der Waals surface area contributed by atoms with Crippen molar-refractivity contribution in [1.82, 2.24) is 30.5 Å². The van der Waals surface area contributed by atoms with E-state index in [4.69, 9.17) is 0 Å². The Bertz CT molecular complexity index is 1130. The molecule has 2 aromatic rings. The Hall–Kier alpha value is -3.64. The summed E-state index contributed by atoms with van der Waals surface area (Å²) in [6.07, 6.45) is -1.51. The minimum absolute atomic E-state index is 0.240. The second-order valence-corrected chi connectivity index (χ2v) is 8.86. The van der Waals surface area contributed by atoms with Crippen molar-refractivity contribution in [1.29, 1.82) is 0 Å². The number of carbonyl (C=O) groups is 2. The summed E-state index contributed by atoms with van der Waals surface area (Å²) in [7, 11) is 0. The van der Waals surface area contributed by atoms with Crippen molar-refractivity contribution in [3.8, 4) is 0 Å². The molecule has 0 fully saturated rings. The van der Waals surface area contributed by atoms with Crippen LogP contribution in [0.1, 0.15) is 44.4 Å². The molecule has 1 aliphatic heterocycles. The van der Waals surface area contributed by atoms with Gasteiger partial charge >= 0.3 is 6.09 Å². The van der Waals surface area contributed by atoms with E-state index in [1.165, 1.54) is 4.68 Å². The fraction of sp³-hybridized carbons (Fsp3) is 0.476. The van der Waals surface area contributed by atoms with E-state index in [0.717, 1.165) is 4.90 Å². The van der Waals surface area contributed by atoms with Crippen LogP contribution in [0, 0.1) is 24.4 Å². The summed E-state index contributed by atoms with van der Waals surface area (Å²) in [6, 6.07) is -0.0251. The van der Waals surface area contributed by atoms with Crippen LogP contribution in [0.25, 0.3) is 0 Å². The molecule has 3 N–H and O–H groups in total. The molecule has 1 aromatic heterocycles. The van der Waals surface area contributed by atoms with Crippen molar-refractivity contribution in [2.45, 2.75) is 58.5 Å². The zero-order valence-electron chi connectivity index (χ0n) is 19.2. The van der Waals surface area contributed by atoms with Gasteiger partial charge < -0.3 is 5.11 Å². The lowest BCUT2D eigenvalue weighted by atomic mass is 9.95. The number of hydrazine groups is 1. The molecule has 1 atom stereocenters. The first kappa shape index (κ1) is 25.0. The average molecular weight is 481 g/mol. The van der Waals surface area contributed by atoms with Crippen LogP contribution in [0.4, 0.5) is 18.0 Å². The molecule has 1 aliphatic rings. The van der Waals surface area contributed by atoms with Gasteiger partial charge in [0.25, 0.3) is 0 Å². The van der Waals surface area contributed by atoms with Crippen molar-refractivity contribution < 1.29 is 27.9 Å². The SMILES string of the molecule is Cc1nc2n(n1)C(NNC(=O)C[C@@H](Cc1cc(F)c(F)cc1F)N(C(=O)O)C(C)(C)C)=NCC2. The van der Waals surface area contributed by atoms with E-state index in [-0.39, 0.29) is 17.9 Å². The van der Waals surface area contributed by atoms with Crippen LogP contribution in [-0.4, -0.2) is 60.9 Å². The van der Waals surface area contributed by atoms with Crippen LogP contribution in [-0.2, 0) is 17.6 Å². The smallest absolute Gasteiger partial charge is 0.408 e. The normalized spacial score (nSPS) is 14.1. The number of carbonyl (C=O) groups excluding carboxylic acids is 1. The van der Waals surface area contributed by atoms with Gasteiger partial charge in [-0.15, -0.1) is 5.10 Å². The zero-order chi connectivity index (χ0) is 25.2. The van der Waals surface area contributed by atoms with E-state index < -0.39 is 47.5 Å². The maximum absolute atomic E-state index is 14.3. The molecule has 10 nitrogen and oxygen atoms in total. The summed E-state index contributed by atoms with van der Waals surface area (Å²) in [6.45, 7) is 6.98. The highest BCUT2D eigenvalue weighted by Gasteiger charge is 2.35. The first-order valence-corrected chi connectivity index (χ1v) is 10.5. The van der Waals surface area contributed by atoms with Gasteiger partial charge in [-0.3, -0.25) is 20.5 Å². The second-order valence-electron chi connectivity index (χ2n) is 8.86. The largest absolute Gasteiger partial charge is 0.465 e. The van der Waals surface area contributed by atoms with Gasteiger partial charge in [-0.2, -0.15) is 4.68 Å². The van der Waals surface area contributed by atoms with Gasteiger partial charge in [-0.25, -0.2) is 27.9 Å². The number of amides is 2. The molecule has 0 bridgehead atoms. The standard InChI is InChI=1S/C21H26F3N7O3/c1-11-26-17-5-6-25-19(31(17)29-11)28-27-18(32)9-13(30(20(33)34)21(2,3)4)7-12-8-15(23)16(24)10-14(12)22/h8,10,13H,5-7,9H2,1-4H3,(H,25,28)(H,27,32)(H,33,34)/t13-/m1/s1. The molecule has 1 aromatic carbocycles. The number of hydrogen-bond donors (Lipinski definition) is 3. The Balaban J connectivity index is 1.79. The Morgan fingerprint density at radius 3 is 2.53 bits per heavy atom. The maximum atomic E-state index is 14.3. The predicted molar refractivity (Wildman–Crippen MR) is 115 cm³/mol. The third-order valence-corrected chi connectivity index (χ3v) is 5.15. The number of halogens is 3. The van der Waals surface area contributed by atoms with E-state index in [0.29, 0.717) is 36.7 Å². The molecule has 13 heteroatoms. The minimum Gasteiger partial charge on any atom is -0.465 e. The van der Waals surface area contributed by atoms with Gasteiger partial charge in [-0.1, -0.05) is 0 Å². The number of rotatable bonds is 5. The monoisotopic (exact) mass is 481 g/mol. The summed E-state index contributed by atoms with van der Waals surface area (Å²) in [5.74, 6) is -2.85. The van der Waals surface area contributed by atoms with Gasteiger partial charge in [0, 0.05) is 37.0 Å². The number of aryl methyl sites for hydroxylation is 1. The number of aliphatic imine (C=N–C) groups is 1. The number of fused-ring (bicyclic) bond motifs is 1. The molecular formula is C21H26F3N7O3. The molecular weight excluding hydrogens is 455 g/mol. The number of nitrogens with one attached hydrogen (secondary N) is 2. The summed E-state index contributed by atoms with van der Waals surface area (Å²) in [5, 5.41) is 14.0. The molecule has 184 valence electrons. The Labute approximate surface area is 193 Å². The van der Waals surface area contributed by atoms with Gasteiger partial charge in [0.2, 0.25) is 11.9 Å². The molecule has 3 rings (SSSR count). The third kappa shape index (κ3) is 5.64. The number of nitrogens with zero attached hydrogens (tertiary/aromatic N) is 5. The highest BCUT2D eigenvalue weighted by Crippen LogP contribution is 2.24. The summed E-state index contributed by atoms with van der Waals surface area (Å²) >= 11 is 0. The van der Waals surface area contributed by atoms with Crippen LogP contribution in [0.2, 0.25) is 0 Å². The molecule has 2 heterocycles. The van der Waals surface area contributed by atoms with E-state index in [9.17, 15) is 27.9 Å². The number of carboxylic acid groups (broad SMARTS) is 1. The predicted octanol–water partition coefficient (Wildman–Crippen LogP) is 2.16. The van der Waals surface area contributed by atoms with E-state index >= 15 is 0 Å². The topological polar surface area (TPSA) is 125 Å². The third-order valence-electron chi connectivity index (χ3n) is 5.15. The van der Waals surface area contributed by atoms with Crippen molar-refractivity contribution in [2.75, 3.05) is 6.54 Å². The Morgan fingerprint density at radius 2 is 1.88 bits per heavy atom. The fourth-order valence-electron chi connectivity index (χ4n) is 3.82. The minimum atomic E-state index is -1.36. The quantitative estimate of drug-likeness (QED) is 0.444. The fourth-order valence-corrected chi connectivity index (χ4v) is 3.82. The molecule has 0 aliphatic carbocycles. The summed E-state index contributed by atoms with van der Waals surface area (Å²) < 4.78 is 42.8. The molecule has 0 unspecified atom stereocenters. The first-order valence-electron chi connectivity index (χ1n) is 10.5. The van der Waals surface area contributed by atoms with Crippen molar-refractivity contribution in [3.05, 3.63) is 46.8 Å². The van der Waals surface area contributed by atoms with Crippen LogP contribution < -0.4 is 10.9 Å². The van der Waals surface area contributed by atoms with Gasteiger partial charge in [-0.05, 0) is 45.7 Å². The average Bonchev–Trinajstić information content (AvgIpc) is 3.09. The Morgan fingerprint density at radius 1 is 1.21 bits per heavy atom. The molecule has 0 spiro atoms. The van der Waals surface area contributed by atoms with Gasteiger partial charge in [0.05, 0.1) is 0 Å². The van der Waals surface area contributed by atoms with Crippen LogP contribution in [0.5, 0.6) is 0 Å². The molecule has 2 amide bonds. The lowest BCUT2D eigenvalue weighted by Gasteiger charge is -2.39. The van der Waals surface area contributed by atoms with Crippen molar-refractivity contribution in [2.24, 2.45) is 4.99 Å². The zero-order valence-corrected chi connectivity index (χ0v) is 19.2. The van der Waals surface area contributed by atoms with Crippen LogP contribution >= 0.6 is 0 Å². The summed E-state index contributed by atoms with van der Waals surface area (Å²) in [4.78, 5) is 34.3.